The molecule has 0 saturated carbocycles. The normalized spacial score (nSPS) is 12.6. The van der Waals surface area contributed by atoms with Crippen molar-refractivity contribution >= 4 is 34.8 Å². The topological polar surface area (TPSA) is 123 Å². The summed E-state index contributed by atoms with van der Waals surface area (Å²) < 4.78 is 0. The molecule has 2 aromatic carbocycles. The van der Waals surface area contributed by atoms with E-state index in [9.17, 15) is 24.5 Å². The predicted molar refractivity (Wildman–Crippen MR) is 103 cm³/mol. The van der Waals surface area contributed by atoms with Gasteiger partial charge in [-0.05, 0) is 42.5 Å². The minimum atomic E-state index is -0.554. The molecule has 0 spiro atoms. The Bertz CT molecular complexity index is 1140. The van der Waals surface area contributed by atoms with Gasteiger partial charge in [0.25, 0.3) is 23.4 Å². The lowest BCUT2D eigenvalue weighted by Crippen LogP contribution is -2.29. The first-order valence-electron chi connectivity index (χ1n) is 8.45. The highest BCUT2D eigenvalue weighted by Crippen LogP contribution is 2.27. The number of imide groups is 1. The second-order valence-electron chi connectivity index (χ2n) is 6.15. The minimum Gasteiger partial charge on any atom is -0.322 e. The van der Waals surface area contributed by atoms with Crippen molar-refractivity contribution in [1.82, 2.24) is 4.98 Å². The molecule has 0 saturated heterocycles. The van der Waals surface area contributed by atoms with E-state index in [0.717, 1.165) is 4.90 Å². The molecule has 29 heavy (non-hydrogen) atoms. The monoisotopic (exact) mass is 388 g/mol. The average molecular weight is 388 g/mol. The fourth-order valence-corrected chi connectivity index (χ4v) is 2.96. The number of pyridine rings is 1. The van der Waals surface area contributed by atoms with E-state index in [1.54, 1.807) is 6.07 Å². The predicted octanol–water partition coefficient (Wildman–Crippen LogP) is 3.04. The van der Waals surface area contributed by atoms with E-state index in [1.807, 2.05) is 0 Å². The van der Waals surface area contributed by atoms with Crippen LogP contribution in [0.5, 0.6) is 0 Å². The number of fused-ring (bicyclic) bond motifs is 1. The first kappa shape index (κ1) is 18.0. The number of aromatic nitrogens is 1. The number of hydrogen-bond donors (Lipinski definition) is 1. The standard InChI is InChI=1S/C20H12N4O5/c25-18(22-13-3-1-4-15(11-13)24(28)29)12-6-8-14(9-7-12)23-19(26)16-5-2-10-21-17(16)20(23)27/h1-11H,(H,22,25). The summed E-state index contributed by atoms with van der Waals surface area (Å²) in [4.78, 5) is 52.6. The van der Waals surface area contributed by atoms with E-state index >= 15 is 0 Å². The van der Waals surface area contributed by atoms with Crippen molar-refractivity contribution < 1.29 is 19.3 Å². The van der Waals surface area contributed by atoms with Crippen LogP contribution in [0.25, 0.3) is 0 Å². The summed E-state index contributed by atoms with van der Waals surface area (Å²) in [6.07, 6.45) is 1.44. The van der Waals surface area contributed by atoms with Crippen LogP contribution in [0.3, 0.4) is 0 Å². The smallest absolute Gasteiger partial charge is 0.284 e. The number of anilines is 2. The second-order valence-corrected chi connectivity index (χ2v) is 6.15. The molecule has 0 unspecified atom stereocenters. The van der Waals surface area contributed by atoms with E-state index in [1.165, 1.54) is 60.8 Å². The molecule has 142 valence electrons. The zero-order valence-corrected chi connectivity index (χ0v) is 14.7. The molecule has 1 aromatic heterocycles. The van der Waals surface area contributed by atoms with Crippen molar-refractivity contribution in [3.63, 3.8) is 0 Å². The molecular formula is C20H12N4O5. The van der Waals surface area contributed by atoms with E-state index in [4.69, 9.17) is 0 Å². The molecule has 0 aliphatic carbocycles. The molecular weight excluding hydrogens is 376 g/mol. The van der Waals surface area contributed by atoms with E-state index in [-0.39, 0.29) is 28.2 Å². The summed E-state index contributed by atoms with van der Waals surface area (Å²) >= 11 is 0. The molecule has 4 rings (SSSR count). The van der Waals surface area contributed by atoms with Gasteiger partial charge in [0.1, 0.15) is 5.69 Å². The summed E-state index contributed by atoms with van der Waals surface area (Å²) in [5.74, 6) is -1.49. The molecule has 0 fully saturated rings. The van der Waals surface area contributed by atoms with E-state index < -0.39 is 22.6 Å². The molecule has 9 heteroatoms. The quantitative estimate of drug-likeness (QED) is 0.416. The zero-order valence-electron chi connectivity index (χ0n) is 14.7. The number of amides is 3. The maximum absolute atomic E-state index is 12.5. The molecule has 3 aromatic rings. The van der Waals surface area contributed by atoms with Gasteiger partial charge >= 0.3 is 0 Å². The van der Waals surface area contributed by atoms with Gasteiger partial charge < -0.3 is 5.32 Å². The van der Waals surface area contributed by atoms with E-state index in [0.29, 0.717) is 5.69 Å². The second kappa shape index (κ2) is 6.97. The Morgan fingerprint density at radius 1 is 1.00 bits per heavy atom. The zero-order chi connectivity index (χ0) is 20.5. The molecule has 1 N–H and O–H groups in total. The largest absolute Gasteiger partial charge is 0.322 e. The summed E-state index contributed by atoms with van der Waals surface area (Å²) in [7, 11) is 0. The van der Waals surface area contributed by atoms with Gasteiger partial charge in [0.2, 0.25) is 0 Å². The highest BCUT2D eigenvalue weighted by molar-refractivity contribution is 6.33. The lowest BCUT2D eigenvalue weighted by Gasteiger charge is -2.14. The lowest BCUT2D eigenvalue weighted by molar-refractivity contribution is -0.384. The van der Waals surface area contributed by atoms with Crippen LogP contribution in [0.4, 0.5) is 17.1 Å². The van der Waals surface area contributed by atoms with Crippen LogP contribution in [-0.2, 0) is 0 Å². The van der Waals surface area contributed by atoms with Crippen molar-refractivity contribution in [3.8, 4) is 0 Å². The molecule has 1 aliphatic rings. The van der Waals surface area contributed by atoms with Gasteiger partial charge in [-0.3, -0.25) is 29.5 Å². The number of nitrogens with one attached hydrogen (secondary N) is 1. The minimum absolute atomic E-state index is 0.0880. The summed E-state index contributed by atoms with van der Waals surface area (Å²) in [6.45, 7) is 0. The van der Waals surface area contributed by atoms with Crippen molar-refractivity contribution in [2.24, 2.45) is 0 Å². The number of non-ortho nitro benzene ring substituents is 1. The van der Waals surface area contributed by atoms with Crippen LogP contribution in [0.1, 0.15) is 31.2 Å². The van der Waals surface area contributed by atoms with Gasteiger partial charge in [-0.1, -0.05) is 6.07 Å². The Morgan fingerprint density at radius 3 is 2.45 bits per heavy atom. The third-order valence-electron chi connectivity index (χ3n) is 4.35. The SMILES string of the molecule is O=C(Nc1cccc([N+](=O)[O-])c1)c1ccc(N2C(=O)c3cccnc3C2=O)cc1. The molecule has 0 radical (unpaired) electrons. The van der Waals surface area contributed by atoms with E-state index in [2.05, 4.69) is 10.3 Å². The number of nitro benzene ring substituents is 1. The number of nitrogens with zero attached hydrogens (tertiary/aromatic N) is 3. The number of carbonyl (C=O) groups excluding carboxylic acids is 3. The highest BCUT2D eigenvalue weighted by Gasteiger charge is 2.37. The average Bonchev–Trinajstić information content (AvgIpc) is 2.99. The fraction of sp³-hybridized carbons (Fsp3) is 0. The van der Waals surface area contributed by atoms with Crippen LogP contribution in [0, 0.1) is 10.1 Å². The Kier molecular flexibility index (Phi) is 4.32. The Morgan fingerprint density at radius 2 is 1.76 bits per heavy atom. The number of carbonyl (C=O) groups is 3. The highest BCUT2D eigenvalue weighted by atomic mass is 16.6. The summed E-state index contributed by atoms with van der Waals surface area (Å²) in [6, 6.07) is 14.5. The van der Waals surface area contributed by atoms with Gasteiger partial charge in [-0.25, -0.2) is 4.90 Å². The molecule has 1 aliphatic heterocycles. The van der Waals surface area contributed by atoms with Crippen LogP contribution in [0.2, 0.25) is 0 Å². The Hall–Kier alpha value is -4.40. The lowest BCUT2D eigenvalue weighted by atomic mass is 10.1. The van der Waals surface area contributed by atoms with Gasteiger partial charge in [0.15, 0.2) is 0 Å². The number of hydrogen-bond acceptors (Lipinski definition) is 6. The molecule has 0 atom stereocenters. The van der Waals surface area contributed by atoms with Crippen LogP contribution in [-0.4, -0.2) is 27.6 Å². The Balaban J connectivity index is 1.53. The van der Waals surface area contributed by atoms with Crippen molar-refractivity contribution in [2.75, 3.05) is 10.2 Å². The van der Waals surface area contributed by atoms with Crippen molar-refractivity contribution in [1.29, 1.82) is 0 Å². The molecule has 2 heterocycles. The summed E-state index contributed by atoms with van der Waals surface area (Å²) in [5.41, 5.74) is 1.02. The number of benzene rings is 2. The van der Waals surface area contributed by atoms with Crippen LogP contribution < -0.4 is 10.2 Å². The molecule has 3 amide bonds. The van der Waals surface area contributed by atoms with Crippen LogP contribution in [0.15, 0.2) is 66.9 Å². The maximum Gasteiger partial charge on any atom is 0.284 e. The fourth-order valence-electron chi connectivity index (χ4n) is 2.96. The first-order valence-corrected chi connectivity index (χ1v) is 8.45. The van der Waals surface area contributed by atoms with Crippen molar-refractivity contribution in [3.05, 3.63) is 93.8 Å². The molecule has 0 bridgehead atoms. The third kappa shape index (κ3) is 3.21. The number of nitro groups is 1. The van der Waals surface area contributed by atoms with Crippen LogP contribution >= 0.6 is 0 Å². The van der Waals surface area contributed by atoms with Gasteiger partial charge in [-0.2, -0.15) is 0 Å². The van der Waals surface area contributed by atoms with Gasteiger partial charge in [0, 0.05) is 29.6 Å². The Labute approximate surface area is 163 Å². The summed E-state index contributed by atoms with van der Waals surface area (Å²) in [5, 5.41) is 13.4. The van der Waals surface area contributed by atoms with Crippen molar-refractivity contribution in [2.45, 2.75) is 0 Å². The first-order chi connectivity index (χ1) is 14.0. The number of rotatable bonds is 4. The van der Waals surface area contributed by atoms with Gasteiger partial charge in [-0.15, -0.1) is 0 Å². The molecule has 9 nitrogen and oxygen atoms in total. The third-order valence-corrected chi connectivity index (χ3v) is 4.35. The maximum atomic E-state index is 12.5. The van der Waals surface area contributed by atoms with Gasteiger partial charge in [0.05, 0.1) is 16.2 Å².